The van der Waals surface area contributed by atoms with Crippen LogP contribution in [0, 0.1) is 10.1 Å². The number of rotatable bonds is 5. The van der Waals surface area contributed by atoms with Gasteiger partial charge in [0, 0.05) is 59.8 Å². The normalized spacial score (nSPS) is 14.6. The summed E-state index contributed by atoms with van der Waals surface area (Å²) >= 11 is 7.57. The third-order valence-corrected chi connectivity index (χ3v) is 6.12. The number of piperazine rings is 1. The van der Waals surface area contributed by atoms with Crippen LogP contribution in [0.4, 0.5) is 5.69 Å². The third-order valence-electron chi connectivity index (χ3n) is 5.04. The number of carbonyl (C=O) groups is 1. The summed E-state index contributed by atoms with van der Waals surface area (Å²) in [5.41, 5.74) is 2.44. The molecule has 9 heteroatoms. The number of nitro groups is 1. The average Bonchev–Trinajstić information content (AvgIpc) is 3.23. The Balaban J connectivity index is 1.32. The maximum absolute atomic E-state index is 12.6. The Kier molecular flexibility index (Phi) is 6.08. The number of hydrogen-bond donors (Lipinski definition) is 0. The number of benzene rings is 2. The minimum atomic E-state index is -0.468. The Labute approximate surface area is 182 Å². The standard InChI is InChI=1S/C21H19ClN4O3S/c22-17-5-1-15(2-6-17)19-14-30-20(23-19)13-24-9-11-25(12-10-24)21(27)16-3-7-18(8-4-16)26(28)29/h1-8,14H,9-13H2. The van der Waals surface area contributed by atoms with E-state index in [9.17, 15) is 14.9 Å². The molecule has 1 aromatic heterocycles. The van der Waals surface area contributed by atoms with Crippen LogP contribution in [0.25, 0.3) is 11.3 Å². The zero-order chi connectivity index (χ0) is 21.1. The van der Waals surface area contributed by atoms with Gasteiger partial charge < -0.3 is 4.90 Å². The molecule has 0 bridgehead atoms. The number of aromatic nitrogens is 1. The molecule has 30 heavy (non-hydrogen) atoms. The monoisotopic (exact) mass is 442 g/mol. The molecule has 3 aromatic rings. The van der Waals surface area contributed by atoms with Crippen LogP contribution < -0.4 is 0 Å². The van der Waals surface area contributed by atoms with Crippen molar-refractivity contribution in [1.29, 1.82) is 0 Å². The molecule has 0 spiro atoms. The summed E-state index contributed by atoms with van der Waals surface area (Å²) in [6.07, 6.45) is 0. The van der Waals surface area contributed by atoms with Crippen LogP contribution in [0.15, 0.2) is 53.9 Å². The van der Waals surface area contributed by atoms with Crippen LogP contribution in [0.5, 0.6) is 0 Å². The molecule has 1 aliphatic rings. The van der Waals surface area contributed by atoms with Crippen molar-refractivity contribution >= 4 is 34.5 Å². The van der Waals surface area contributed by atoms with Gasteiger partial charge in [0.2, 0.25) is 0 Å². The summed E-state index contributed by atoms with van der Waals surface area (Å²) in [6.45, 7) is 3.50. The van der Waals surface area contributed by atoms with E-state index in [1.165, 1.54) is 24.3 Å². The highest BCUT2D eigenvalue weighted by atomic mass is 35.5. The van der Waals surface area contributed by atoms with Crippen molar-refractivity contribution in [3.63, 3.8) is 0 Å². The summed E-state index contributed by atoms with van der Waals surface area (Å²) in [5.74, 6) is -0.0937. The maximum Gasteiger partial charge on any atom is 0.269 e. The van der Waals surface area contributed by atoms with E-state index in [0.29, 0.717) is 23.7 Å². The topological polar surface area (TPSA) is 79.6 Å². The number of hydrogen-bond acceptors (Lipinski definition) is 6. The molecule has 1 aliphatic heterocycles. The third kappa shape index (κ3) is 4.67. The Morgan fingerprint density at radius 2 is 1.73 bits per heavy atom. The molecule has 0 N–H and O–H groups in total. The van der Waals surface area contributed by atoms with E-state index in [1.54, 1.807) is 16.2 Å². The predicted molar refractivity (Wildman–Crippen MR) is 117 cm³/mol. The predicted octanol–water partition coefficient (Wildman–Crippen LogP) is 4.33. The van der Waals surface area contributed by atoms with E-state index in [4.69, 9.17) is 16.6 Å². The number of thiazole rings is 1. The lowest BCUT2D eigenvalue weighted by atomic mass is 10.1. The number of non-ortho nitro benzene ring substituents is 1. The van der Waals surface area contributed by atoms with E-state index in [1.807, 2.05) is 29.6 Å². The van der Waals surface area contributed by atoms with Crippen molar-refractivity contribution < 1.29 is 9.72 Å². The van der Waals surface area contributed by atoms with Gasteiger partial charge in [-0.3, -0.25) is 19.8 Å². The molecule has 1 fully saturated rings. The zero-order valence-electron chi connectivity index (χ0n) is 16.0. The number of amides is 1. The fourth-order valence-corrected chi connectivity index (χ4v) is 4.32. The van der Waals surface area contributed by atoms with Gasteiger partial charge in [0.15, 0.2) is 0 Å². The van der Waals surface area contributed by atoms with Crippen LogP contribution in [-0.4, -0.2) is 51.8 Å². The van der Waals surface area contributed by atoms with Gasteiger partial charge in [0.1, 0.15) is 5.01 Å². The lowest BCUT2D eigenvalue weighted by molar-refractivity contribution is -0.384. The minimum absolute atomic E-state index is 0.0159. The Morgan fingerprint density at radius 1 is 1.07 bits per heavy atom. The second kappa shape index (κ2) is 8.91. The molecule has 1 saturated heterocycles. The second-order valence-corrected chi connectivity index (χ2v) is 8.38. The zero-order valence-corrected chi connectivity index (χ0v) is 17.6. The van der Waals surface area contributed by atoms with Gasteiger partial charge >= 0.3 is 0 Å². The quantitative estimate of drug-likeness (QED) is 0.434. The first-order valence-electron chi connectivity index (χ1n) is 9.46. The molecule has 0 atom stereocenters. The summed E-state index contributed by atoms with van der Waals surface area (Å²) in [6, 6.07) is 13.4. The molecular formula is C21H19ClN4O3S. The molecule has 4 rings (SSSR count). The summed E-state index contributed by atoms with van der Waals surface area (Å²) < 4.78 is 0. The number of carbonyl (C=O) groups excluding carboxylic acids is 1. The van der Waals surface area contributed by atoms with Crippen molar-refractivity contribution in [2.24, 2.45) is 0 Å². The fourth-order valence-electron chi connectivity index (χ4n) is 3.35. The first-order chi connectivity index (χ1) is 14.5. The first kappa shape index (κ1) is 20.5. The molecule has 0 unspecified atom stereocenters. The average molecular weight is 443 g/mol. The SMILES string of the molecule is O=C(c1ccc([N+](=O)[O-])cc1)N1CCN(Cc2nc(-c3ccc(Cl)cc3)cs2)CC1. The minimum Gasteiger partial charge on any atom is -0.336 e. The van der Waals surface area contributed by atoms with Crippen LogP contribution in [0.2, 0.25) is 5.02 Å². The van der Waals surface area contributed by atoms with Gasteiger partial charge in [-0.1, -0.05) is 23.7 Å². The maximum atomic E-state index is 12.6. The molecular weight excluding hydrogens is 424 g/mol. The van der Waals surface area contributed by atoms with Crippen LogP contribution >= 0.6 is 22.9 Å². The summed E-state index contributed by atoms with van der Waals surface area (Å²) in [5, 5.41) is 14.6. The van der Waals surface area contributed by atoms with E-state index in [0.717, 1.165) is 35.9 Å². The summed E-state index contributed by atoms with van der Waals surface area (Å²) in [7, 11) is 0. The van der Waals surface area contributed by atoms with Crippen LogP contribution in [-0.2, 0) is 6.54 Å². The summed E-state index contributed by atoms with van der Waals surface area (Å²) in [4.78, 5) is 31.7. The molecule has 0 saturated carbocycles. The molecule has 0 aliphatic carbocycles. The number of halogens is 1. The van der Waals surface area contributed by atoms with Crippen molar-refractivity contribution in [2.75, 3.05) is 26.2 Å². The van der Waals surface area contributed by atoms with Crippen molar-refractivity contribution in [1.82, 2.24) is 14.8 Å². The highest BCUT2D eigenvalue weighted by Crippen LogP contribution is 2.24. The first-order valence-corrected chi connectivity index (χ1v) is 10.7. The Morgan fingerprint density at radius 3 is 2.37 bits per heavy atom. The van der Waals surface area contributed by atoms with Crippen molar-refractivity contribution in [3.05, 3.63) is 79.6 Å². The van der Waals surface area contributed by atoms with E-state index < -0.39 is 4.92 Å². The van der Waals surface area contributed by atoms with Gasteiger partial charge in [0.25, 0.3) is 11.6 Å². The fraction of sp³-hybridized carbons (Fsp3) is 0.238. The molecule has 1 amide bonds. The van der Waals surface area contributed by atoms with Gasteiger partial charge in [-0.2, -0.15) is 0 Å². The lowest BCUT2D eigenvalue weighted by Gasteiger charge is -2.34. The van der Waals surface area contributed by atoms with Crippen molar-refractivity contribution in [3.8, 4) is 11.3 Å². The van der Waals surface area contributed by atoms with Crippen LogP contribution in [0.3, 0.4) is 0 Å². The van der Waals surface area contributed by atoms with Gasteiger partial charge in [-0.05, 0) is 24.3 Å². The Bertz CT molecular complexity index is 1040. The number of nitrogens with zero attached hydrogens (tertiary/aromatic N) is 4. The van der Waals surface area contributed by atoms with Gasteiger partial charge in [0.05, 0.1) is 17.2 Å². The number of nitro benzene ring substituents is 1. The highest BCUT2D eigenvalue weighted by Gasteiger charge is 2.23. The van der Waals surface area contributed by atoms with Crippen LogP contribution in [0.1, 0.15) is 15.4 Å². The second-order valence-electron chi connectivity index (χ2n) is 7.01. The molecule has 2 heterocycles. The molecule has 0 radical (unpaired) electrons. The molecule has 154 valence electrons. The van der Waals surface area contributed by atoms with Gasteiger partial charge in [-0.25, -0.2) is 4.98 Å². The molecule has 7 nitrogen and oxygen atoms in total. The highest BCUT2D eigenvalue weighted by molar-refractivity contribution is 7.09. The Hall–Kier alpha value is -2.81. The smallest absolute Gasteiger partial charge is 0.269 e. The largest absolute Gasteiger partial charge is 0.336 e. The molecule has 2 aromatic carbocycles. The van der Waals surface area contributed by atoms with Crippen molar-refractivity contribution in [2.45, 2.75) is 6.54 Å². The lowest BCUT2D eigenvalue weighted by Crippen LogP contribution is -2.48. The van der Waals surface area contributed by atoms with E-state index >= 15 is 0 Å². The van der Waals surface area contributed by atoms with E-state index in [-0.39, 0.29) is 11.6 Å². The van der Waals surface area contributed by atoms with E-state index in [2.05, 4.69) is 4.90 Å². The van der Waals surface area contributed by atoms with Gasteiger partial charge in [-0.15, -0.1) is 11.3 Å².